The summed E-state index contributed by atoms with van der Waals surface area (Å²) in [6.45, 7) is 5.78. The maximum Gasteiger partial charge on any atom is 0.338 e. The van der Waals surface area contributed by atoms with Crippen LogP contribution in [0, 0.1) is 13.8 Å². The van der Waals surface area contributed by atoms with Crippen molar-refractivity contribution in [2.45, 2.75) is 20.8 Å². The number of ether oxygens (including phenoxy) is 1. The standard InChI is InChI=1S/C16H17NO3/c1-4-20-16(19)13-7-5-6-12(9-13)15-11(3)17-10(2)8-14(15)18/h5-9H,4H2,1-3H3,(H,17,18). The molecular weight excluding hydrogens is 254 g/mol. The van der Waals surface area contributed by atoms with Gasteiger partial charge in [-0.25, -0.2) is 4.79 Å². The highest BCUT2D eigenvalue weighted by Gasteiger charge is 2.11. The Kier molecular flexibility index (Phi) is 4.03. The van der Waals surface area contributed by atoms with E-state index in [1.165, 1.54) is 0 Å². The van der Waals surface area contributed by atoms with Crippen LogP contribution in [-0.4, -0.2) is 17.6 Å². The minimum Gasteiger partial charge on any atom is -0.462 e. The second-order valence-electron chi connectivity index (χ2n) is 4.62. The summed E-state index contributed by atoms with van der Waals surface area (Å²) in [4.78, 5) is 27.0. The van der Waals surface area contributed by atoms with Gasteiger partial charge in [-0.05, 0) is 38.5 Å². The van der Waals surface area contributed by atoms with Gasteiger partial charge in [0.15, 0.2) is 5.43 Å². The highest BCUT2D eigenvalue weighted by atomic mass is 16.5. The Bertz CT molecular complexity index is 701. The molecule has 1 N–H and O–H groups in total. The van der Waals surface area contributed by atoms with E-state index in [1.54, 1.807) is 31.2 Å². The van der Waals surface area contributed by atoms with Crippen LogP contribution >= 0.6 is 0 Å². The van der Waals surface area contributed by atoms with E-state index in [0.717, 1.165) is 11.4 Å². The molecule has 0 spiro atoms. The van der Waals surface area contributed by atoms with Gasteiger partial charge in [0, 0.05) is 23.0 Å². The molecule has 20 heavy (non-hydrogen) atoms. The second-order valence-corrected chi connectivity index (χ2v) is 4.62. The third kappa shape index (κ3) is 2.79. The number of benzene rings is 1. The number of hydrogen-bond donors (Lipinski definition) is 1. The van der Waals surface area contributed by atoms with E-state index in [-0.39, 0.29) is 11.4 Å². The fourth-order valence-corrected chi connectivity index (χ4v) is 2.22. The third-order valence-corrected chi connectivity index (χ3v) is 3.02. The van der Waals surface area contributed by atoms with E-state index >= 15 is 0 Å². The molecule has 0 aliphatic heterocycles. The van der Waals surface area contributed by atoms with Gasteiger partial charge in [0.05, 0.1) is 12.2 Å². The summed E-state index contributed by atoms with van der Waals surface area (Å²) >= 11 is 0. The monoisotopic (exact) mass is 271 g/mol. The average Bonchev–Trinajstić information content (AvgIpc) is 2.38. The lowest BCUT2D eigenvalue weighted by atomic mass is 10.0. The maximum absolute atomic E-state index is 12.1. The fraction of sp³-hybridized carbons (Fsp3) is 0.250. The minimum atomic E-state index is -0.379. The van der Waals surface area contributed by atoms with Crippen LogP contribution in [0.1, 0.15) is 28.7 Å². The van der Waals surface area contributed by atoms with E-state index in [9.17, 15) is 9.59 Å². The lowest BCUT2D eigenvalue weighted by Gasteiger charge is -2.08. The number of nitrogens with one attached hydrogen (secondary N) is 1. The van der Waals surface area contributed by atoms with Crippen LogP contribution in [0.4, 0.5) is 0 Å². The first-order valence-corrected chi connectivity index (χ1v) is 6.51. The summed E-state index contributed by atoms with van der Waals surface area (Å²) in [5.74, 6) is -0.379. The van der Waals surface area contributed by atoms with Crippen LogP contribution in [0.15, 0.2) is 35.1 Å². The van der Waals surface area contributed by atoms with Crippen molar-refractivity contribution in [3.8, 4) is 11.1 Å². The van der Waals surface area contributed by atoms with Crippen LogP contribution in [0.3, 0.4) is 0 Å². The number of aryl methyl sites for hydroxylation is 2. The van der Waals surface area contributed by atoms with Crippen molar-refractivity contribution in [1.29, 1.82) is 0 Å². The van der Waals surface area contributed by atoms with Crippen LogP contribution < -0.4 is 5.43 Å². The van der Waals surface area contributed by atoms with Gasteiger partial charge in [-0.15, -0.1) is 0 Å². The fourth-order valence-electron chi connectivity index (χ4n) is 2.22. The number of pyridine rings is 1. The molecule has 0 aliphatic carbocycles. The van der Waals surface area contributed by atoms with E-state index in [1.807, 2.05) is 19.9 Å². The van der Waals surface area contributed by atoms with Gasteiger partial charge < -0.3 is 9.72 Å². The number of carbonyl (C=O) groups is 1. The number of esters is 1. The largest absolute Gasteiger partial charge is 0.462 e. The van der Waals surface area contributed by atoms with Gasteiger partial charge in [0.2, 0.25) is 0 Å². The Labute approximate surface area is 117 Å². The highest BCUT2D eigenvalue weighted by molar-refractivity contribution is 5.91. The van der Waals surface area contributed by atoms with Crippen molar-refractivity contribution < 1.29 is 9.53 Å². The molecule has 0 amide bonds. The van der Waals surface area contributed by atoms with E-state index in [2.05, 4.69) is 4.98 Å². The van der Waals surface area contributed by atoms with Crippen molar-refractivity contribution in [3.63, 3.8) is 0 Å². The summed E-state index contributed by atoms with van der Waals surface area (Å²) in [6.07, 6.45) is 0. The first-order chi connectivity index (χ1) is 9.52. The van der Waals surface area contributed by atoms with Crippen LogP contribution in [-0.2, 0) is 4.74 Å². The summed E-state index contributed by atoms with van der Waals surface area (Å²) in [5.41, 5.74) is 3.30. The van der Waals surface area contributed by atoms with Crippen molar-refractivity contribution in [2.75, 3.05) is 6.61 Å². The molecule has 104 valence electrons. The number of aromatic nitrogens is 1. The molecule has 0 saturated carbocycles. The predicted octanol–water partition coefficient (Wildman–Crippen LogP) is 2.84. The number of aromatic amines is 1. The molecule has 0 atom stereocenters. The zero-order valence-electron chi connectivity index (χ0n) is 11.8. The van der Waals surface area contributed by atoms with Gasteiger partial charge >= 0.3 is 5.97 Å². The lowest BCUT2D eigenvalue weighted by molar-refractivity contribution is 0.0526. The zero-order chi connectivity index (χ0) is 14.7. The van der Waals surface area contributed by atoms with Gasteiger partial charge in [-0.3, -0.25) is 4.79 Å². The molecular formula is C16H17NO3. The van der Waals surface area contributed by atoms with Crippen LogP contribution in [0.5, 0.6) is 0 Å². The predicted molar refractivity (Wildman–Crippen MR) is 77.9 cm³/mol. The van der Waals surface area contributed by atoms with Crippen LogP contribution in [0.2, 0.25) is 0 Å². The van der Waals surface area contributed by atoms with E-state index in [4.69, 9.17) is 4.74 Å². The number of carbonyl (C=O) groups excluding carboxylic acids is 1. The molecule has 0 radical (unpaired) electrons. The Balaban J connectivity index is 2.52. The topological polar surface area (TPSA) is 59.2 Å². The molecule has 2 aromatic rings. The Morgan fingerprint density at radius 1 is 1.25 bits per heavy atom. The van der Waals surface area contributed by atoms with E-state index < -0.39 is 0 Å². The summed E-state index contributed by atoms with van der Waals surface area (Å²) < 4.78 is 4.97. The maximum atomic E-state index is 12.1. The molecule has 1 heterocycles. The molecule has 1 aromatic heterocycles. The number of H-pyrrole nitrogens is 1. The minimum absolute atomic E-state index is 0.0558. The Morgan fingerprint density at radius 3 is 2.65 bits per heavy atom. The average molecular weight is 271 g/mol. The Hall–Kier alpha value is -2.36. The van der Waals surface area contributed by atoms with Gasteiger partial charge in [-0.1, -0.05) is 12.1 Å². The summed E-state index contributed by atoms with van der Waals surface area (Å²) in [7, 11) is 0. The second kappa shape index (κ2) is 5.74. The number of rotatable bonds is 3. The van der Waals surface area contributed by atoms with E-state index in [0.29, 0.717) is 23.3 Å². The third-order valence-electron chi connectivity index (χ3n) is 3.02. The molecule has 4 heteroatoms. The first kappa shape index (κ1) is 14.1. The molecule has 0 unspecified atom stereocenters. The van der Waals surface area contributed by atoms with Crippen molar-refractivity contribution in [1.82, 2.24) is 4.98 Å². The molecule has 0 saturated heterocycles. The molecule has 0 fully saturated rings. The smallest absolute Gasteiger partial charge is 0.338 e. The lowest BCUT2D eigenvalue weighted by Crippen LogP contribution is -2.10. The van der Waals surface area contributed by atoms with Crippen molar-refractivity contribution in [3.05, 3.63) is 57.5 Å². The molecule has 0 aliphatic rings. The number of hydrogen-bond acceptors (Lipinski definition) is 3. The van der Waals surface area contributed by atoms with Crippen molar-refractivity contribution >= 4 is 5.97 Å². The molecule has 4 nitrogen and oxygen atoms in total. The normalized spacial score (nSPS) is 10.3. The highest BCUT2D eigenvalue weighted by Crippen LogP contribution is 2.20. The van der Waals surface area contributed by atoms with Gasteiger partial charge in [-0.2, -0.15) is 0 Å². The molecule has 0 bridgehead atoms. The van der Waals surface area contributed by atoms with Crippen molar-refractivity contribution in [2.24, 2.45) is 0 Å². The molecule has 1 aromatic carbocycles. The Morgan fingerprint density at radius 2 is 2.00 bits per heavy atom. The molecule has 2 rings (SSSR count). The SMILES string of the molecule is CCOC(=O)c1cccc(-c2c(C)[nH]c(C)cc2=O)c1. The van der Waals surface area contributed by atoms with Gasteiger partial charge in [0.25, 0.3) is 0 Å². The first-order valence-electron chi connectivity index (χ1n) is 6.51. The van der Waals surface area contributed by atoms with Gasteiger partial charge in [0.1, 0.15) is 0 Å². The summed E-state index contributed by atoms with van der Waals surface area (Å²) in [6, 6.07) is 8.49. The summed E-state index contributed by atoms with van der Waals surface area (Å²) in [5, 5.41) is 0. The zero-order valence-corrected chi connectivity index (χ0v) is 11.8. The van der Waals surface area contributed by atoms with Crippen LogP contribution in [0.25, 0.3) is 11.1 Å². The quantitative estimate of drug-likeness (QED) is 0.873.